The Morgan fingerprint density at radius 2 is 1.46 bits per heavy atom. The number of anilines is 2. The van der Waals surface area contributed by atoms with Crippen molar-refractivity contribution in [1.82, 2.24) is 0 Å². The average Bonchev–Trinajstić information content (AvgIpc) is 2.69. The largest absolute Gasteiger partial charge is 0.497 e. The fourth-order valence-corrected chi connectivity index (χ4v) is 3.74. The molecule has 0 radical (unpaired) electrons. The third kappa shape index (κ3) is 4.32. The van der Waals surface area contributed by atoms with E-state index < -0.39 is 10.0 Å². The van der Waals surface area contributed by atoms with Crippen molar-refractivity contribution in [3.05, 3.63) is 83.9 Å². The lowest BCUT2D eigenvalue weighted by molar-refractivity contribution is 0.102. The second-order valence-electron chi connectivity index (χ2n) is 6.10. The van der Waals surface area contributed by atoms with Crippen LogP contribution in [0, 0.1) is 6.92 Å². The normalized spacial score (nSPS) is 10.9. The molecule has 0 spiro atoms. The molecule has 3 rings (SSSR count). The van der Waals surface area contributed by atoms with Crippen LogP contribution in [0.15, 0.2) is 77.7 Å². The summed E-state index contributed by atoms with van der Waals surface area (Å²) in [5.41, 5.74) is 2.00. The second-order valence-corrected chi connectivity index (χ2v) is 7.78. The standard InChI is InChI=1S/C21H20N2O4S/c1-15-7-3-4-8-18(15)21(24)22-19-9-5-6-10-20(19)23-28(25,26)17-13-11-16(27-2)12-14-17/h3-14,23H,1-2H3,(H,22,24). The maximum Gasteiger partial charge on any atom is 0.261 e. The molecular formula is C21H20N2O4S. The van der Waals surface area contributed by atoms with Crippen molar-refractivity contribution in [2.45, 2.75) is 11.8 Å². The Kier molecular flexibility index (Phi) is 5.65. The molecule has 0 saturated heterocycles. The van der Waals surface area contributed by atoms with Crippen molar-refractivity contribution in [2.24, 2.45) is 0 Å². The van der Waals surface area contributed by atoms with Crippen LogP contribution in [0.3, 0.4) is 0 Å². The van der Waals surface area contributed by atoms with Crippen LogP contribution in [0.1, 0.15) is 15.9 Å². The molecule has 0 unspecified atom stereocenters. The lowest BCUT2D eigenvalue weighted by atomic mass is 10.1. The van der Waals surface area contributed by atoms with Crippen molar-refractivity contribution in [3.8, 4) is 5.75 Å². The molecule has 6 nitrogen and oxygen atoms in total. The topological polar surface area (TPSA) is 84.5 Å². The molecule has 2 N–H and O–H groups in total. The Labute approximate surface area is 164 Å². The van der Waals surface area contributed by atoms with Crippen molar-refractivity contribution in [2.75, 3.05) is 17.1 Å². The molecule has 0 aliphatic heterocycles. The Bertz CT molecular complexity index is 1090. The number of methoxy groups -OCH3 is 1. The molecular weight excluding hydrogens is 376 g/mol. The van der Waals surface area contributed by atoms with E-state index in [9.17, 15) is 13.2 Å². The van der Waals surface area contributed by atoms with Gasteiger partial charge in [0, 0.05) is 5.56 Å². The predicted octanol–water partition coefficient (Wildman–Crippen LogP) is 4.06. The van der Waals surface area contributed by atoms with Crippen LogP contribution < -0.4 is 14.8 Å². The summed E-state index contributed by atoms with van der Waals surface area (Å²) in [6, 6.07) is 19.9. The van der Waals surface area contributed by atoms with Gasteiger partial charge >= 0.3 is 0 Å². The summed E-state index contributed by atoms with van der Waals surface area (Å²) in [5, 5.41) is 2.77. The number of ether oxygens (including phenoxy) is 1. The van der Waals surface area contributed by atoms with E-state index >= 15 is 0 Å². The molecule has 7 heteroatoms. The molecule has 28 heavy (non-hydrogen) atoms. The Morgan fingerprint density at radius 1 is 0.857 bits per heavy atom. The fourth-order valence-electron chi connectivity index (χ4n) is 2.66. The zero-order valence-corrected chi connectivity index (χ0v) is 16.3. The highest BCUT2D eigenvalue weighted by atomic mass is 32.2. The van der Waals surface area contributed by atoms with E-state index in [1.54, 1.807) is 48.5 Å². The summed E-state index contributed by atoms with van der Waals surface area (Å²) in [7, 11) is -2.32. The van der Waals surface area contributed by atoms with Crippen molar-refractivity contribution in [3.63, 3.8) is 0 Å². The number of hydrogen-bond donors (Lipinski definition) is 2. The average molecular weight is 396 g/mol. The van der Waals surface area contributed by atoms with Crippen LogP contribution >= 0.6 is 0 Å². The predicted molar refractivity (Wildman–Crippen MR) is 109 cm³/mol. The van der Waals surface area contributed by atoms with E-state index in [-0.39, 0.29) is 16.5 Å². The fraction of sp³-hybridized carbons (Fsp3) is 0.0952. The maximum absolute atomic E-state index is 12.7. The summed E-state index contributed by atoms with van der Waals surface area (Å²) in [5.74, 6) is 0.249. The van der Waals surface area contributed by atoms with Crippen molar-refractivity contribution < 1.29 is 17.9 Å². The monoisotopic (exact) mass is 396 g/mol. The van der Waals surface area contributed by atoms with Gasteiger partial charge in [0.15, 0.2) is 0 Å². The van der Waals surface area contributed by atoms with E-state index in [0.29, 0.717) is 17.0 Å². The van der Waals surface area contributed by atoms with Crippen LogP contribution in [-0.2, 0) is 10.0 Å². The number of amides is 1. The molecule has 1 amide bonds. The Morgan fingerprint density at radius 3 is 2.11 bits per heavy atom. The number of hydrogen-bond acceptors (Lipinski definition) is 4. The Hall–Kier alpha value is -3.32. The van der Waals surface area contributed by atoms with Gasteiger partial charge in [-0.3, -0.25) is 9.52 Å². The van der Waals surface area contributed by atoms with E-state index in [1.165, 1.54) is 19.2 Å². The molecule has 0 atom stereocenters. The first-order valence-electron chi connectivity index (χ1n) is 8.53. The van der Waals surface area contributed by atoms with Gasteiger partial charge in [-0.15, -0.1) is 0 Å². The minimum Gasteiger partial charge on any atom is -0.497 e. The minimum atomic E-state index is -3.83. The summed E-state index contributed by atoms with van der Waals surface area (Å²) in [6.07, 6.45) is 0. The number of para-hydroxylation sites is 2. The van der Waals surface area contributed by atoms with E-state index in [0.717, 1.165) is 5.56 Å². The van der Waals surface area contributed by atoms with Crippen LogP contribution in [0.4, 0.5) is 11.4 Å². The SMILES string of the molecule is COc1ccc(S(=O)(=O)Nc2ccccc2NC(=O)c2ccccc2C)cc1. The summed E-state index contributed by atoms with van der Waals surface area (Å²) >= 11 is 0. The summed E-state index contributed by atoms with van der Waals surface area (Å²) < 4.78 is 33.0. The Balaban J connectivity index is 1.85. The van der Waals surface area contributed by atoms with Crippen LogP contribution in [-0.4, -0.2) is 21.4 Å². The molecule has 0 bridgehead atoms. The van der Waals surface area contributed by atoms with E-state index in [4.69, 9.17) is 4.74 Å². The highest BCUT2D eigenvalue weighted by molar-refractivity contribution is 7.92. The molecule has 0 aliphatic carbocycles. The van der Waals surface area contributed by atoms with Gasteiger partial charge in [-0.1, -0.05) is 30.3 Å². The quantitative estimate of drug-likeness (QED) is 0.658. The van der Waals surface area contributed by atoms with Crippen LogP contribution in [0.2, 0.25) is 0 Å². The number of rotatable bonds is 6. The first kappa shape index (κ1) is 19.4. The lowest BCUT2D eigenvalue weighted by Crippen LogP contribution is -2.17. The summed E-state index contributed by atoms with van der Waals surface area (Å²) in [4.78, 5) is 12.7. The van der Waals surface area contributed by atoms with Crippen LogP contribution in [0.5, 0.6) is 5.75 Å². The molecule has 0 fully saturated rings. The number of nitrogens with one attached hydrogen (secondary N) is 2. The first-order valence-corrected chi connectivity index (χ1v) is 10.0. The smallest absolute Gasteiger partial charge is 0.261 e. The third-order valence-electron chi connectivity index (χ3n) is 4.18. The highest BCUT2D eigenvalue weighted by Crippen LogP contribution is 2.26. The molecule has 3 aromatic rings. The van der Waals surface area contributed by atoms with Gasteiger partial charge < -0.3 is 10.1 Å². The maximum atomic E-state index is 12.7. The molecule has 0 aromatic heterocycles. The van der Waals surface area contributed by atoms with Gasteiger partial charge in [0.2, 0.25) is 0 Å². The lowest BCUT2D eigenvalue weighted by Gasteiger charge is -2.14. The van der Waals surface area contributed by atoms with Gasteiger partial charge in [-0.2, -0.15) is 0 Å². The molecule has 0 heterocycles. The van der Waals surface area contributed by atoms with E-state index in [2.05, 4.69) is 10.0 Å². The van der Waals surface area contributed by atoms with E-state index in [1.807, 2.05) is 19.1 Å². The summed E-state index contributed by atoms with van der Waals surface area (Å²) in [6.45, 7) is 1.84. The van der Waals surface area contributed by atoms with Crippen LogP contribution in [0.25, 0.3) is 0 Å². The minimum absolute atomic E-state index is 0.0910. The number of benzene rings is 3. The molecule has 0 aliphatic rings. The zero-order valence-electron chi connectivity index (χ0n) is 15.5. The van der Waals surface area contributed by atoms with Crippen molar-refractivity contribution in [1.29, 1.82) is 0 Å². The molecule has 144 valence electrons. The molecule has 0 saturated carbocycles. The number of carbonyl (C=O) groups excluding carboxylic acids is 1. The zero-order chi connectivity index (χ0) is 20.1. The van der Waals surface area contributed by atoms with Gasteiger partial charge in [0.1, 0.15) is 5.75 Å². The third-order valence-corrected chi connectivity index (χ3v) is 5.56. The van der Waals surface area contributed by atoms with Gasteiger partial charge in [0.05, 0.1) is 23.4 Å². The van der Waals surface area contributed by atoms with Gasteiger partial charge in [-0.25, -0.2) is 8.42 Å². The first-order chi connectivity index (χ1) is 13.4. The van der Waals surface area contributed by atoms with Gasteiger partial charge in [-0.05, 0) is 55.0 Å². The molecule has 3 aromatic carbocycles. The van der Waals surface area contributed by atoms with Crippen molar-refractivity contribution >= 4 is 27.3 Å². The number of carbonyl (C=O) groups is 1. The second kappa shape index (κ2) is 8.14. The van der Waals surface area contributed by atoms with Gasteiger partial charge in [0.25, 0.3) is 15.9 Å². The number of aryl methyl sites for hydroxylation is 1. The number of sulfonamides is 1. The highest BCUT2D eigenvalue weighted by Gasteiger charge is 2.17.